The Hall–Kier alpha value is -3.20. The summed E-state index contributed by atoms with van der Waals surface area (Å²) in [6.07, 6.45) is -10.4. The molecule has 0 radical (unpaired) electrons. The number of alkyl halides is 6. The Balaban J connectivity index is 2.05. The molecule has 6 nitrogen and oxygen atoms in total. The first kappa shape index (κ1) is 19.1. The van der Waals surface area contributed by atoms with Gasteiger partial charge in [-0.15, -0.1) is 5.10 Å². The highest BCUT2D eigenvalue weighted by Crippen LogP contribution is 2.42. The number of nitrogens with two attached hydrogens (primary N) is 1. The molecular weight excluding hydrogens is 426 g/mol. The second kappa shape index (κ2) is 6.15. The molecule has 3 N–H and O–H groups in total. The molecule has 1 aromatic carbocycles. The van der Waals surface area contributed by atoms with E-state index in [1.54, 1.807) is 6.07 Å². The third-order valence-corrected chi connectivity index (χ3v) is 4.36. The summed E-state index contributed by atoms with van der Waals surface area (Å²) in [7, 11) is 0. The monoisotopic (exact) mass is 432 g/mol. The molecule has 0 fully saturated rings. The van der Waals surface area contributed by atoms with Crippen LogP contribution in [0.2, 0.25) is 5.02 Å². The van der Waals surface area contributed by atoms with Crippen molar-refractivity contribution in [2.24, 2.45) is 5.73 Å². The summed E-state index contributed by atoms with van der Waals surface area (Å²) in [4.78, 5) is 5.91. The molecule has 1 aliphatic heterocycles. The van der Waals surface area contributed by atoms with Gasteiger partial charge >= 0.3 is 12.4 Å². The zero-order valence-corrected chi connectivity index (χ0v) is 14.6. The lowest BCUT2D eigenvalue weighted by Crippen LogP contribution is -2.19. The van der Waals surface area contributed by atoms with Crippen LogP contribution >= 0.6 is 11.6 Å². The van der Waals surface area contributed by atoms with Gasteiger partial charge in [-0.25, -0.2) is 14.6 Å². The lowest BCUT2D eigenvalue weighted by atomic mass is 10.1. The molecule has 4 rings (SSSR count). The predicted octanol–water partition coefficient (Wildman–Crippen LogP) is 3.70. The van der Waals surface area contributed by atoms with Crippen molar-refractivity contribution >= 4 is 28.5 Å². The van der Waals surface area contributed by atoms with Gasteiger partial charge in [0.1, 0.15) is 5.82 Å². The van der Waals surface area contributed by atoms with Gasteiger partial charge in [-0.05, 0) is 23.6 Å². The number of aromatic nitrogens is 4. The van der Waals surface area contributed by atoms with Crippen molar-refractivity contribution in [3.05, 3.63) is 39.8 Å². The average Bonchev–Trinajstić information content (AvgIpc) is 2.97. The number of halogens is 7. The molecule has 0 bridgehead atoms. The van der Waals surface area contributed by atoms with Crippen LogP contribution in [0.4, 0.5) is 32.2 Å². The highest BCUT2D eigenvalue weighted by Gasteiger charge is 2.43. The number of nitrogens with one attached hydrogen (secondary N) is 1. The Kier molecular flexibility index (Phi) is 4.06. The molecule has 2 aromatic heterocycles. The van der Waals surface area contributed by atoms with Crippen molar-refractivity contribution in [2.75, 3.05) is 5.32 Å². The van der Waals surface area contributed by atoms with Gasteiger partial charge < -0.3 is 11.1 Å². The normalized spacial score (nSPS) is 13.3. The van der Waals surface area contributed by atoms with E-state index in [0.717, 1.165) is 4.68 Å². The number of nitrogens with zero attached hydrogens (tertiary/aromatic N) is 4. The first-order valence-corrected chi connectivity index (χ1v) is 8.12. The van der Waals surface area contributed by atoms with E-state index in [-0.39, 0.29) is 23.1 Å². The number of hydrogen-bond acceptors (Lipinski definition) is 5. The van der Waals surface area contributed by atoms with E-state index < -0.39 is 34.9 Å². The second-order valence-electron chi connectivity index (χ2n) is 5.94. The van der Waals surface area contributed by atoms with Crippen molar-refractivity contribution in [3.8, 4) is 17.7 Å². The third kappa shape index (κ3) is 3.07. The summed E-state index contributed by atoms with van der Waals surface area (Å²) in [6.45, 7) is 0.0221. The Bertz CT molecular complexity index is 1220. The van der Waals surface area contributed by atoms with Crippen molar-refractivity contribution in [3.63, 3.8) is 0 Å². The van der Waals surface area contributed by atoms with Gasteiger partial charge in [0, 0.05) is 18.2 Å². The fourth-order valence-corrected chi connectivity index (χ4v) is 3.33. The molecule has 3 aromatic rings. The van der Waals surface area contributed by atoms with Crippen molar-refractivity contribution in [2.45, 2.75) is 18.9 Å². The minimum absolute atomic E-state index is 0.0221. The molecule has 0 saturated heterocycles. The minimum Gasteiger partial charge on any atom is -0.365 e. The second-order valence-corrected chi connectivity index (χ2v) is 6.35. The third-order valence-electron chi connectivity index (χ3n) is 4.07. The Morgan fingerprint density at radius 1 is 1.10 bits per heavy atom. The molecule has 0 saturated carbocycles. The SMILES string of the molecule is NC#Cc1cc(Cl)c2c(c1)CNc1c3c(C(F)(F)F)nc(C(F)(F)F)nc3nn1-2. The van der Waals surface area contributed by atoms with Gasteiger partial charge in [0.25, 0.3) is 0 Å². The maximum atomic E-state index is 13.5. The topological polar surface area (TPSA) is 81.7 Å². The lowest BCUT2D eigenvalue weighted by molar-refractivity contribution is -0.151. The maximum Gasteiger partial charge on any atom is 0.451 e. The average molecular weight is 433 g/mol. The summed E-state index contributed by atoms with van der Waals surface area (Å²) in [5.74, 6) is 0.440. The summed E-state index contributed by atoms with van der Waals surface area (Å²) in [5.41, 5.74) is 3.82. The highest BCUT2D eigenvalue weighted by atomic mass is 35.5. The minimum atomic E-state index is -5.18. The molecule has 150 valence electrons. The van der Waals surface area contributed by atoms with Crippen LogP contribution in [-0.2, 0) is 18.9 Å². The summed E-state index contributed by atoms with van der Waals surface area (Å²) in [6, 6.07) is 5.20. The quantitative estimate of drug-likeness (QED) is 0.322. The van der Waals surface area contributed by atoms with Gasteiger partial charge in [-0.3, -0.25) is 0 Å². The number of benzene rings is 1. The molecule has 0 spiro atoms. The zero-order chi connectivity index (χ0) is 21.1. The molecule has 1 aliphatic rings. The maximum absolute atomic E-state index is 13.5. The van der Waals surface area contributed by atoms with Crippen LogP contribution in [0.15, 0.2) is 12.1 Å². The fourth-order valence-electron chi connectivity index (χ4n) is 3.01. The summed E-state index contributed by atoms with van der Waals surface area (Å²) in [5, 5.41) is 5.94. The Morgan fingerprint density at radius 3 is 2.45 bits per heavy atom. The van der Waals surface area contributed by atoms with Gasteiger partial charge in [0.2, 0.25) is 5.82 Å². The lowest BCUT2D eigenvalue weighted by Gasteiger charge is -2.21. The van der Waals surface area contributed by atoms with E-state index in [1.165, 1.54) is 6.07 Å². The number of fused-ring (bicyclic) bond motifs is 5. The number of rotatable bonds is 0. The number of hydrogen-bond donors (Lipinski definition) is 2. The number of anilines is 1. The summed E-state index contributed by atoms with van der Waals surface area (Å²) < 4.78 is 80.4. The van der Waals surface area contributed by atoms with Crippen LogP contribution in [0.3, 0.4) is 0 Å². The first-order valence-electron chi connectivity index (χ1n) is 7.74. The van der Waals surface area contributed by atoms with Crippen LogP contribution in [0.5, 0.6) is 0 Å². The smallest absolute Gasteiger partial charge is 0.365 e. The van der Waals surface area contributed by atoms with E-state index in [2.05, 4.69) is 32.3 Å². The molecular formula is C16H7ClF6N6. The molecule has 3 heterocycles. The zero-order valence-electron chi connectivity index (χ0n) is 13.9. The molecule has 0 atom stereocenters. The predicted molar refractivity (Wildman–Crippen MR) is 90.1 cm³/mol. The molecule has 13 heteroatoms. The Morgan fingerprint density at radius 2 is 1.83 bits per heavy atom. The van der Waals surface area contributed by atoms with Crippen molar-refractivity contribution in [1.29, 1.82) is 0 Å². The first-order chi connectivity index (χ1) is 13.5. The van der Waals surface area contributed by atoms with E-state index in [4.69, 9.17) is 17.3 Å². The van der Waals surface area contributed by atoms with E-state index >= 15 is 0 Å². The standard InChI is InChI=1S/C16H7ClF6N6/c17-8-4-6(1-2-24)3-7-5-25-13-9-11(15(18,19)20)26-14(16(21,22)23)27-12(9)28-29(13)10(7)8/h3-4,25H,5,24H2. The highest BCUT2D eigenvalue weighted by molar-refractivity contribution is 6.32. The van der Waals surface area contributed by atoms with Gasteiger partial charge in [-0.1, -0.05) is 11.6 Å². The van der Waals surface area contributed by atoms with Crippen LogP contribution in [0, 0.1) is 12.0 Å². The largest absolute Gasteiger partial charge is 0.451 e. The van der Waals surface area contributed by atoms with Gasteiger partial charge in [0.15, 0.2) is 11.3 Å². The van der Waals surface area contributed by atoms with Gasteiger partial charge in [-0.2, -0.15) is 26.3 Å². The van der Waals surface area contributed by atoms with E-state index in [9.17, 15) is 26.3 Å². The molecule has 0 amide bonds. The van der Waals surface area contributed by atoms with Crippen LogP contribution in [0.1, 0.15) is 22.6 Å². The molecule has 0 aliphatic carbocycles. The van der Waals surface area contributed by atoms with Crippen LogP contribution < -0.4 is 11.1 Å². The van der Waals surface area contributed by atoms with Crippen LogP contribution in [0.25, 0.3) is 16.7 Å². The van der Waals surface area contributed by atoms with Gasteiger partial charge in [0.05, 0.1) is 16.1 Å². The van der Waals surface area contributed by atoms with Crippen molar-refractivity contribution in [1.82, 2.24) is 19.7 Å². The van der Waals surface area contributed by atoms with Crippen molar-refractivity contribution < 1.29 is 26.3 Å². The molecule has 0 unspecified atom stereocenters. The van der Waals surface area contributed by atoms with E-state index in [0.29, 0.717) is 11.1 Å². The Labute approximate surface area is 162 Å². The van der Waals surface area contributed by atoms with Crippen LogP contribution in [-0.4, -0.2) is 19.7 Å². The molecule has 29 heavy (non-hydrogen) atoms. The fraction of sp³-hybridized carbons (Fsp3) is 0.188. The van der Waals surface area contributed by atoms with E-state index in [1.807, 2.05) is 0 Å². The summed E-state index contributed by atoms with van der Waals surface area (Å²) >= 11 is 6.24.